The van der Waals surface area contributed by atoms with Crippen LogP contribution in [0.2, 0.25) is 0 Å². The molecule has 0 spiro atoms. The number of hydrogen-bond donors (Lipinski definition) is 6. The predicted molar refractivity (Wildman–Crippen MR) is 156 cm³/mol. The summed E-state index contributed by atoms with van der Waals surface area (Å²) in [6, 6.07) is 8.68. The number of carboxylic acid groups (broad SMARTS) is 1. The van der Waals surface area contributed by atoms with Gasteiger partial charge in [-0.05, 0) is 67.9 Å². The smallest absolute Gasteiger partial charge is 0.405 e. The van der Waals surface area contributed by atoms with Crippen molar-refractivity contribution in [3.05, 3.63) is 65.2 Å². The van der Waals surface area contributed by atoms with E-state index in [1.54, 1.807) is 10.4 Å². The minimum absolute atomic E-state index is 0.0932. The predicted octanol–water partition coefficient (Wildman–Crippen LogP) is 5.40. The van der Waals surface area contributed by atoms with Gasteiger partial charge in [-0.1, -0.05) is 32.0 Å². The number of piperazine rings is 1. The van der Waals surface area contributed by atoms with Crippen LogP contribution in [0.4, 0.5) is 19.3 Å². The van der Waals surface area contributed by atoms with E-state index >= 15 is 4.39 Å². The maximum absolute atomic E-state index is 15.1. The minimum Gasteiger partial charge on any atom is -0.465 e. The average Bonchev–Trinajstić information content (AvgIpc) is 3.02. The molecule has 2 aliphatic rings. The molecule has 2 aromatic rings. The van der Waals surface area contributed by atoms with Gasteiger partial charge >= 0.3 is 6.09 Å². The number of anilines is 1. The maximum atomic E-state index is 15.1. The lowest BCUT2D eigenvalue weighted by molar-refractivity contribution is -0.118. The molecule has 0 radical (unpaired) electrons. The molecule has 2 bridgehead atoms. The van der Waals surface area contributed by atoms with Gasteiger partial charge in [0.2, 0.25) is 5.91 Å². The Hall–Kier alpha value is -2.77. The molecular weight excluding hydrogens is 554 g/mol. The van der Waals surface area contributed by atoms with E-state index in [4.69, 9.17) is 0 Å². The molecule has 2 unspecified atom stereocenters. The number of amides is 2. The van der Waals surface area contributed by atoms with Crippen molar-refractivity contribution in [2.24, 2.45) is 5.92 Å². The molecule has 2 aromatic carbocycles. The van der Waals surface area contributed by atoms with Gasteiger partial charge in [0.05, 0.1) is 5.75 Å². The van der Waals surface area contributed by atoms with Gasteiger partial charge in [-0.15, -0.1) is 10.8 Å². The van der Waals surface area contributed by atoms with E-state index in [0.717, 1.165) is 6.42 Å². The highest BCUT2D eigenvalue weighted by Gasteiger charge is 2.38. The van der Waals surface area contributed by atoms with Gasteiger partial charge in [0, 0.05) is 42.3 Å². The highest BCUT2D eigenvalue weighted by Crippen LogP contribution is 2.49. The molecular formula is C29H40F2N4O5S. The van der Waals surface area contributed by atoms with Crippen molar-refractivity contribution in [1.82, 2.24) is 14.9 Å². The summed E-state index contributed by atoms with van der Waals surface area (Å²) in [5.41, 5.74) is 1.08. The van der Waals surface area contributed by atoms with Crippen molar-refractivity contribution >= 4 is 28.5 Å². The molecule has 2 heterocycles. The molecule has 9 nitrogen and oxygen atoms in total. The molecule has 226 valence electrons. The van der Waals surface area contributed by atoms with Crippen LogP contribution in [0.5, 0.6) is 0 Å². The molecule has 4 rings (SSSR count). The highest BCUT2D eigenvalue weighted by molar-refractivity contribution is 8.22. The van der Waals surface area contributed by atoms with Crippen LogP contribution in [0.1, 0.15) is 56.6 Å². The van der Waals surface area contributed by atoms with E-state index in [1.807, 2.05) is 13.8 Å². The fourth-order valence-electron chi connectivity index (χ4n) is 5.89. The molecule has 0 saturated carbocycles. The monoisotopic (exact) mass is 594 g/mol. The first-order valence-electron chi connectivity index (χ1n) is 14.0. The van der Waals surface area contributed by atoms with E-state index in [0.29, 0.717) is 43.7 Å². The van der Waals surface area contributed by atoms with E-state index in [-0.39, 0.29) is 35.7 Å². The Morgan fingerprint density at radius 3 is 2.56 bits per heavy atom. The lowest BCUT2D eigenvalue weighted by Gasteiger charge is -2.49. The summed E-state index contributed by atoms with van der Waals surface area (Å²) in [7, 11) is -2.91. The number of halogens is 2. The Morgan fingerprint density at radius 1 is 1.15 bits per heavy atom. The molecule has 2 fully saturated rings. The first-order chi connectivity index (χ1) is 19.4. The van der Waals surface area contributed by atoms with E-state index in [2.05, 4.69) is 16.0 Å². The highest BCUT2D eigenvalue weighted by atomic mass is 32.3. The summed E-state index contributed by atoms with van der Waals surface area (Å²) < 4.78 is 52.0. The number of rotatable bonds is 10. The third-order valence-electron chi connectivity index (χ3n) is 7.89. The van der Waals surface area contributed by atoms with Gasteiger partial charge in [-0.2, -0.15) is 0 Å². The van der Waals surface area contributed by atoms with Gasteiger partial charge in [-0.3, -0.25) is 13.9 Å². The number of carbonyl (C=O) groups excluding carboxylic acids is 1. The van der Waals surface area contributed by atoms with Crippen molar-refractivity contribution in [3.63, 3.8) is 0 Å². The molecule has 0 aromatic heterocycles. The molecule has 2 aliphatic heterocycles. The first kappa shape index (κ1) is 31.2. The zero-order valence-corrected chi connectivity index (χ0v) is 24.2. The molecule has 0 aliphatic carbocycles. The number of hydrogen-bond acceptors (Lipinski definition) is 6. The van der Waals surface area contributed by atoms with Crippen molar-refractivity contribution in [2.45, 2.75) is 70.0 Å². The van der Waals surface area contributed by atoms with Crippen LogP contribution in [0.3, 0.4) is 0 Å². The van der Waals surface area contributed by atoms with Gasteiger partial charge < -0.3 is 21.1 Å². The molecule has 2 amide bonds. The standard InChI is InChI=1S/C29H40F2N4O5S/c1-18(2)15-24(19-8-10-20(30)11-9-19)27(34-29(37)38)28(36)33-26-7-3-6-25(31)23(26)13-12-22-16-32-21-5-4-14-41(39,40)35(22)17-21/h3,6-11,18,21-22,24,27,32,34,39-40H,4-5,12-17H2,1-2H3,(H,33,36)(H,37,38)/t21-,22?,24-,27-/m1/s1. The topological polar surface area (TPSA) is 134 Å². The van der Waals surface area contributed by atoms with Crippen LogP contribution in [-0.2, 0) is 11.2 Å². The first-order valence-corrected chi connectivity index (χ1v) is 15.7. The Morgan fingerprint density at radius 2 is 1.88 bits per heavy atom. The van der Waals surface area contributed by atoms with Gasteiger partial charge in [0.15, 0.2) is 0 Å². The van der Waals surface area contributed by atoms with E-state index < -0.39 is 46.4 Å². The molecule has 5 atom stereocenters. The number of carbonyl (C=O) groups is 2. The Labute approximate surface area is 241 Å². The summed E-state index contributed by atoms with van der Waals surface area (Å²) in [5.74, 6) is -1.82. The summed E-state index contributed by atoms with van der Waals surface area (Å²) in [6.45, 7) is 4.93. The molecule has 12 heteroatoms. The fourth-order valence-corrected chi connectivity index (χ4v) is 7.75. The van der Waals surface area contributed by atoms with Crippen molar-refractivity contribution < 1.29 is 32.6 Å². The Bertz CT molecular complexity index is 1220. The minimum atomic E-state index is -2.91. The summed E-state index contributed by atoms with van der Waals surface area (Å²) in [4.78, 5) is 25.4. The quantitative estimate of drug-likeness (QED) is 0.217. The molecule has 2 saturated heterocycles. The lowest BCUT2D eigenvalue weighted by Crippen LogP contribution is -2.55. The second kappa shape index (κ2) is 13.5. The lowest BCUT2D eigenvalue weighted by atomic mass is 9.84. The van der Waals surface area contributed by atoms with Gasteiger partial charge in [-0.25, -0.2) is 17.9 Å². The van der Waals surface area contributed by atoms with Gasteiger partial charge in [0.25, 0.3) is 0 Å². The normalized spacial score (nSPS) is 24.1. The zero-order chi connectivity index (χ0) is 29.7. The van der Waals surface area contributed by atoms with Crippen molar-refractivity contribution in [1.29, 1.82) is 0 Å². The fraction of sp³-hybridized carbons (Fsp3) is 0.517. The number of fused-ring (bicyclic) bond motifs is 2. The van der Waals surface area contributed by atoms with E-state index in [9.17, 15) is 28.2 Å². The second-order valence-electron chi connectivity index (χ2n) is 11.3. The summed E-state index contributed by atoms with van der Waals surface area (Å²) in [5, 5.41) is 18.1. The average molecular weight is 595 g/mol. The summed E-state index contributed by atoms with van der Waals surface area (Å²) >= 11 is 0. The third-order valence-corrected chi connectivity index (χ3v) is 9.92. The van der Waals surface area contributed by atoms with Crippen LogP contribution in [0.25, 0.3) is 0 Å². The third kappa shape index (κ3) is 7.95. The van der Waals surface area contributed by atoms with Crippen molar-refractivity contribution in [2.75, 3.05) is 24.2 Å². The van der Waals surface area contributed by atoms with Crippen LogP contribution in [0, 0.1) is 17.6 Å². The van der Waals surface area contributed by atoms with Crippen molar-refractivity contribution in [3.8, 4) is 0 Å². The maximum Gasteiger partial charge on any atom is 0.405 e. The Kier molecular flexibility index (Phi) is 10.2. The van der Waals surface area contributed by atoms with Crippen LogP contribution in [0.15, 0.2) is 42.5 Å². The number of benzene rings is 2. The number of nitrogens with one attached hydrogen (secondary N) is 3. The van der Waals surface area contributed by atoms with E-state index in [1.165, 1.54) is 36.4 Å². The van der Waals surface area contributed by atoms with Crippen LogP contribution in [-0.4, -0.2) is 67.5 Å². The zero-order valence-electron chi connectivity index (χ0n) is 23.4. The van der Waals surface area contributed by atoms with Crippen LogP contribution >= 0.6 is 10.8 Å². The second-order valence-corrected chi connectivity index (χ2v) is 13.5. The van der Waals surface area contributed by atoms with Gasteiger partial charge in [0.1, 0.15) is 17.7 Å². The Balaban J connectivity index is 1.56. The molecule has 6 N–H and O–H groups in total. The van der Waals surface area contributed by atoms with Crippen LogP contribution < -0.4 is 16.0 Å². The SMILES string of the molecule is CC(C)C[C@H](c1ccc(F)cc1)[C@@H](NC(=O)O)C(=O)Nc1cccc(F)c1CCC1CN[C@@H]2CCCS(O)(O)N1C2. The largest absolute Gasteiger partial charge is 0.465 e. The summed E-state index contributed by atoms with van der Waals surface area (Å²) in [6.07, 6.45) is 1.27. The number of nitrogens with zero attached hydrogens (tertiary/aromatic N) is 1. The molecule has 41 heavy (non-hydrogen) atoms.